The van der Waals surface area contributed by atoms with Crippen molar-refractivity contribution >= 4 is 5.91 Å². The van der Waals surface area contributed by atoms with Crippen LogP contribution in [0.3, 0.4) is 0 Å². The molecule has 5 nitrogen and oxygen atoms in total. The topological polar surface area (TPSA) is 49.6 Å². The predicted octanol–water partition coefficient (Wildman–Crippen LogP) is 3.31. The molecule has 144 valence electrons. The summed E-state index contributed by atoms with van der Waals surface area (Å²) in [6.45, 7) is 6.58. The van der Waals surface area contributed by atoms with Gasteiger partial charge in [-0.25, -0.2) is 0 Å². The SMILES string of the molecule is Cc1noc(C)c1CC(=O)N1CCC2(CC1)CC(c1ccccc1)CN2C. The molecule has 5 heteroatoms. The zero-order valence-electron chi connectivity index (χ0n) is 16.6. The quantitative estimate of drug-likeness (QED) is 0.835. The lowest BCUT2D eigenvalue weighted by Gasteiger charge is -2.43. The maximum atomic E-state index is 12.8. The van der Waals surface area contributed by atoms with Gasteiger partial charge in [0.2, 0.25) is 5.91 Å². The Balaban J connectivity index is 1.39. The summed E-state index contributed by atoms with van der Waals surface area (Å²) in [5, 5.41) is 3.97. The first-order valence-corrected chi connectivity index (χ1v) is 9.94. The summed E-state index contributed by atoms with van der Waals surface area (Å²) < 4.78 is 5.20. The van der Waals surface area contributed by atoms with Crippen LogP contribution in [0.2, 0.25) is 0 Å². The van der Waals surface area contributed by atoms with Gasteiger partial charge in [0.15, 0.2) is 0 Å². The lowest BCUT2D eigenvalue weighted by Crippen LogP contribution is -2.52. The molecule has 2 aliphatic heterocycles. The van der Waals surface area contributed by atoms with Gasteiger partial charge in [-0.05, 0) is 51.6 Å². The van der Waals surface area contributed by atoms with Gasteiger partial charge in [0, 0.05) is 30.7 Å². The third-order valence-corrected chi connectivity index (χ3v) is 6.76. The number of rotatable bonds is 3. The van der Waals surface area contributed by atoms with E-state index in [1.807, 2.05) is 18.7 Å². The number of carbonyl (C=O) groups is 1. The van der Waals surface area contributed by atoms with E-state index in [0.29, 0.717) is 12.3 Å². The maximum Gasteiger partial charge on any atom is 0.227 e. The molecule has 1 atom stereocenters. The Morgan fingerprint density at radius 3 is 2.56 bits per heavy atom. The van der Waals surface area contributed by atoms with Crippen molar-refractivity contribution in [3.63, 3.8) is 0 Å². The second kappa shape index (κ2) is 7.12. The minimum absolute atomic E-state index is 0.194. The number of amides is 1. The van der Waals surface area contributed by atoms with Crippen molar-refractivity contribution in [2.24, 2.45) is 0 Å². The van der Waals surface area contributed by atoms with Crippen molar-refractivity contribution in [1.29, 1.82) is 0 Å². The molecule has 0 aliphatic carbocycles. The molecule has 0 radical (unpaired) electrons. The van der Waals surface area contributed by atoms with E-state index < -0.39 is 0 Å². The Morgan fingerprint density at radius 1 is 1.22 bits per heavy atom. The van der Waals surface area contributed by atoms with E-state index in [4.69, 9.17) is 4.52 Å². The molecule has 2 aliphatic rings. The molecule has 1 unspecified atom stereocenters. The Morgan fingerprint density at radius 2 is 1.93 bits per heavy atom. The van der Waals surface area contributed by atoms with Crippen molar-refractivity contribution in [2.75, 3.05) is 26.7 Å². The zero-order chi connectivity index (χ0) is 19.0. The molecule has 1 amide bonds. The molecule has 1 spiro atoms. The third kappa shape index (κ3) is 3.41. The van der Waals surface area contributed by atoms with Gasteiger partial charge in [0.1, 0.15) is 5.76 Å². The summed E-state index contributed by atoms with van der Waals surface area (Å²) in [7, 11) is 2.25. The number of likely N-dealkylation sites (tertiary alicyclic amines) is 2. The van der Waals surface area contributed by atoms with Crippen molar-refractivity contribution in [3.8, 4) is 0 Å². The first-order chi connectivity index (χ1) is 13.0. The molecule has 2 aromatic rings. The van der Waals surface area contributed by atoms with Gasteiger partial charge in [0.05, 0.1) is 12.1 Å². The van der Waals surface area contributed by atoms with Crippen LogP contribution in [-0.2, 0) is 11.2 Å². The van der Waals surface area contributed by atoms with Crippen LogP contribution in [0.25, 0.3) is 0 Å². The number of piperidine rings is 1. The average molecular weight is 367 g/mol. The first kappa shape index (κ1) is 18.2. The molecule has 0 N–H and O–H groups in total. The van der Waals surface area contributed by atoms with Gasteiger partial charge in [-0.1, -0.05) is 35.5 Å². The lowest BCUT2D eigenvalue weighted by atomic mass is 9.81. The van der Waals surface area contributed by atoms with E-state index in [1.165, 1.54) is 12.0 Å². The molecule has 0 saturated carbocycles. The number of likely N-dealkylation sites (N-methyl/N-ethyl adjacent to an activating group) is 1. The first-order valence-electron chi connectivity index (χ1n) is 9.94. The fourth-order valence-electron chi connectivity index (χ4n) is 4.93. The van der Waals surface area contributed by atoms with E-state index in [1.54, 1.807) is 0 Å². The van der Waals surface area contributed by atoms with Gasteiger partial charge >= 0.3 is 0 Å². The summed E-state index contributed by atoms with van der Waals surface area (Å²) in [5.41, 5.74) is 3.46. The molecule has 3 heterocycles. The van der Waals surface area contributed by atoms with Crippen LogP contribution in [0, 0.1) is 13.8 Å². The molecule has 0 bridgehead atoms. The number of hydrogen-bond acceptors (Lipinski definition) is 4. The number of benzene rings is 1. The largest absolute Gasteiger partial charge is 0.361 e. The summed E-state index contributed by atoms with van der Waals surface area (Å²) in [6, 6.07) is 10.9. The van der Waals surface area contributed by atoms with E-state index in [2.05, 4.69) is 47.4 Å². The molecule has 2 saturated heterocycles. The molecule has 27 heavy (non-hydrogen) atoms. The van der Waals surface area contributed by atoms with E-state index >= 15 is 0 Å². The van der Waals surface area contributed by atoms with Crippen LogP contribution >= 0.6 is 0 Å². The Bertz CT molecular complexity index is 787. The average Bonchev–Trinajstić information content (AvgIpc) is 3.17. The molecular formula is C22H29N3O2. The number of aryl methyl sites for hydroxylation is 2. The minimum atomic E-state index is 0.194. The van der Waals surface area contributed by atoms with Crippen molar-refractivity contribution in [1.82, 2.24) is 15.0 Å². The fourth-order valence-corrected chi connectivity index (χ4v) is 4.93. The van der Waals surface area contributed by atoms with Crippen LogP contribution in [0.4, 0.5) is 0 Å². The highest BCUT2D eigenvalue weighted by Gasteiger charge is 2.46. The van der Waals surface area contributed by atoms with Gasteiger partial charge in [-0.3, -0.25) is 9.69 Å². The Labute approximate surface area is 161 Å². The van der Waals surface area contributed by atoms with Gasteiger partial charge in [-0.15, -0.1) is 0 Å². The lowest BCUT2D eigenvalue weighted by molar-refractivity contribution is -0.132. The molecular weight excluding hydrogens is 338 g/mol. The summed E-state index contributed by atoms with van der Waals surface area (Å²) >= 11 is 0. The van der Waals surface area contributed by atoms with Crippen LogP contribution < -0.4 is 0 Å². The van der Waals surface area contributed by atoms with Crippen molar-refractivity contribution in [3.05, 3.63) is 52.9 Å². The molecule has 1 aromatic heterocycles. The molecule has 1 aromatic carbocycles. The highest BCUT2D eigenvalue weighted by molar-refractivity contribution is 5.79. The monoisotopic (exact) mass is 367 g/mol. The number of nitrogens with zero attached hydrogens (tertiary/aromatic N) is 3. The fraction of sp³-hybridized carbons (Fsp3) is 0.545. The van der Waals surface area contributed by atoms with E-state index in [0.717, 1.165) is 49.5 Å². The molecule has 2 fully saturated rings. The van der Waals surface area contributed by atoms with Gasteiger partial charge in [-0.2, -0.15) is 0 Å². The number of hydrogen-bond donors (Lipinski definition) is 0. The maximum absolute atomic E-state index is 12.8. The van der Waals surface area contributed by atoms with E-state index in [9.17, 15) is 4.79 Å². The normalized spacial score (nSPS) is 22.5. The number of aromatic nitrogens is 1. The minimum Gasteiger partial charge on any atom is -0.361 e. The summed E-state index contributed by atoms with van der Waals surface area (Å²) in [5.74, 6) is 1.55. The molecule has 4 rings (SSSR count). The van der Waals surface area contributed by atoms with Crippen LogP contribution in [0.15, 0.2) is 34.9 Å². The summed E-state index contributed by atoms with van der Waals surface area (Å²) in [6.07, 6.45) is 3.70. The van der Waals surface area contributed by atoms with Crippen molar-refractivity contribution in [2.45, 2.75) is 51.0 Å². The summed E-state index contributed by atoms with van der Waals surface area (Å²) in [4.78, 5) is 17.4. The van der Waals surface area contributed by atoms with Gasteiger partial charge < -0.3 is 9.42 Å². The predicted molar refractivity (Wildman–Crippen MR) is 105 cm³/mol. The van der Waals surface area contributed by atoms with Gasteiger partial charge in [0.25, 0.3) is 0 Å². The zero-order valence-corrected chi connectivity index (χ0v) is 16.6. The van der Waals surface area contributed by atoms with Crippen LogP contribution in [-0.4, -0.2) is 53.1 Å². The number of carbonyl (C=O) groups excluding carboxylic acids is 1. The Kier molecular flexibility index (Phi) is 4.81. The third-order valence-electron chi connectivity index (χ3n) is 6.76. The highest BCUT2D eigenvalue weighted by Crippen LogP contribution is 2.44. The second-order valence-corrected chi connectivity index (χ2v) is 8.28. The van der Waals surface area contributed by atoms with Crippen molar-refractivity contribution < 1.29 is 9.32 Å². The Hall–Kier alpha value is -2.14. The highest BCUT2D eigenvalue weighted by atomic mass is 16.5. The standard InChI is InChI=1S/C22H29N3O2/c1-16-20(17(2)27-23-16)13-21(26)25-11-9-22(10-12-25)14-19(15-24(22)3)18-7-5-4-6-8-18/h4-8,19H,9-15H2,1-3H3. The second-order valence-electron chi connectivity index (χ2n) is 8.28. The van der Waals surface area contributed by atoms with Crippen LogP contribution in [0.1, 0.15) is 47.8 Å². The van der Waals surface area contributed by atoms with Crippen LogP contribution in [0.5, 0.6) is 0 Å². The smallest absolute Gasteiger partial charge is 0.227 e. The van der Waals surface area contributed by atoms with E-state index in [-0.39, 0.29) is 11.4 Å².